The lowest BCUT2D eigenvalue weighted by Gasteiger charge is -2.39. The van der Waals surface area contributed by atoms with Gasteiger partial charge in [-0.3, -0.25) is 0 Å². The van der Waals surface area contributed by atoms with Crippen LogP contribution in [0.1, 0.15) is 19.8 Å². The van der Waals surface area contributed by atoms with E-state index >= 15 is 0 Å². The van der Waals surface area contributed by atoms with E-state index in [4.69, 9.17) is 22.1 Å². The van der Waals surface area contributed by atoms with Gasteiger partial charge in [0, 0.05) is 35.5 Å². The number of halogens is 1. The summed E-state index contributed by atoms with van der Waals surface area (Å²) in [7, 11) is 3.18. The lowest BCUT2D eigenvalue weighted by atomic mass is 10.4. The summed E-state index contributed by atoms with van der Waals surface area (Å²) < 4.78 is 29.5. The van der Waals surface area contributed by atoms with Crippen molar-refractivity contribution in [1.82, 2.24) is 0 Å². The smallest absolute Gasteiger partial charge is 0.397 e. The maximum atomic E-state index is 5.82. The first-order valence-electron chi connectivity index (χ1n) is 6.34. The zero-order valence-corrected chi connectivity index (χ0v) is 17.0. The normalized spacial score (nSPS) is 14.7. The largest absolute Gasteiger partial charge is 0.505 e. The second kappa shape index (κ2) is 9.82. The Hall–Kier alpha value is 0.964. The van der Waals surface area contributed by atoms with Crippen LogP contribution in [-0.4, -0.2) is 57.3 Å². The van der Waals surface area contributed by atoms with Gasteiger partial charge < -0.3 is 22.1 Å². The van der Waals surface area contributed by atoms with Crippen molar-refractivity contribution in [3.05, 3.63) is 0 Å². The molecule has 0 amide bonds. The molecule has 0 bridgehead atoms. The number of alkyl halides is 1. The summed E-state index contributed by atoms with van der Waals surface area (Å²) in [6, 6.07) is 0.926. The van der Waals surface area contributed by atoms with Gasteiger partial charge in [0.1, 0.15) is 0 Å². The van der Waals surface area contributed by atoms with Crippen molar-refractivity contribution in [3.63, 3.8) is 0 Å². The Morgan fingerprint density at radius 2 is 1.32 bits per heavy atom. The molecular weight excluding hydrogens is 395 g/mol. The Morgan fingerprint density at radius 3 is 1.63 bits per heavy atom. The van der Waals surface area contributed by atoms with Gasteiger partial charge in [0.25, 0.3) is 0 Å². The molecule has 0 heterocycles. The highest BCUT2D eigenvalue weighted by molar-refractivity contribution is 14.1. The van der Waals surface area contributed by atoms with Crippen LogP contribution in [-0.2, 0) is 22.1 Å². The zero-order chi connectivity index (χ0) is 14.9. The highest BCUT2D eigenvalue weighted by Gasteiger charge is 2.58. The van der Waals surface area contributed by atoms with Gasteiger partial charge in [-0.05, 0) is 16.9 Å². The Kier molecular flexibility index (Phi) is 10.3. The standard InChI is InChI=1S/C11H27IO5Si2/c1-11(19(15-4,16-5)17-6)18(13-2,14-3)10-8-7-9-12/h11H,7-10H2,1-6H3. The molecule has 0 spiro atoms. The predicted octanol–water partition coefficient (Wildman–Crippen LogP) is 2.74. The third-order valence-electron chi connectivity index (χ3n) is 3.64. The molecule has 0 aromatic heterocycles. The topological polar surface area (TPSA) is 46.2 Å². The highest BCUT2D eigenvalue weighted by atomic mass is 127. The number of hydrogen-bond donors (Lipinski definition) is 0. The van der Waals surface area contributed by atoms with Crippen molar-refractivity contribution >= 4 is 40.0 Å². The van der Waals surface area contributed by atoms with Gasteiger partial charge in [-0.1, -0.05) is 35.9 Å². The van der Waals surface area contributed by atoms with Gasteiger partial charge in [0.2, 0.25) is 0 Å². The van der Waals surface area contributed by atoms with Crippen LogP contribution in [0.2, 0.25) is 11.2 Å². The Balaban J connectivity index is 5.12. The number of hydrogen-bond acceptors (Lipinski definition) is 5. The molecule has 0 N–H and O–H groups in total. The van der Waals surface area contributed by atoms with Crippen molar-refractivity contribution in [2.24, 2.45) is 0 Å². The van der Waals surface area contributed by atoms with Crippen LogP contribution >= 0.6 is 22.6 Å². The van der Waals surface area contributed by atoms with E-state index in [2.05, 4.69) is 29.5 Å². The fraction of sp³-hybridized carbons (Fsp3) is 1.00. The Labute approximate surface area is 133 Å². The zero-order valence-electron chi connectivity index (χ0n) is 12.8. The average Bonchev–Trinajstić information content (AvgIpc) is 2.46. The van der Waals surface area contributed by atoms with Crippen LogP contribution in [0, 0.1) is 0 Å². The summed E-state index contributed by atoms with van der Waals surface area (Å²) in [4.78, 5) is 0. The fourth-order valence-corrected chi connectivity index (χ4v) is 11.3. The van der Waals surface area contributed by atoms with Crippen LogP contribution in [0.4, 0.5) is 0 Å². The lowest BCUT2D eigenvalue weighted by molar-refractivity contribution is 0.111. The molecule has 0 saturated heterocycles. The molecule has 116 valence electrons. The summed E-state index contributed by atoms with van der Waals surface area (Å²) >= 11 is 2.39. The van der Waals surface area contributed by atoms with E-state index in [-0.39, 0.29) is 5.16 Å². The van der Waals surface area contributed by atoms with Crippen LogP contribution in [0.15, 0.2) is 0 Å². The summed E-state index contributed by atoms with van der Waals surface area (Å²) in [5.41, 5.74) is 0. The van der Waals surface area contributed by atoms with Crippen LogP contribution in [0.5, 0.6) is 0 Å². The lowest BCUT2D eigenvalue weighted by Crippen LogP contribution is -2.59. The molecule has 0 rings (SSSR count). The summed E-state index contributed by atoms with van der Waals surface area (Å²) in [5, 5.41) is 0.0178. The third kappa shape index (κ3) is 4.73. The maximum absolute atomic E-state index is 5.82. The van der Waals surface area contributed by atoms with E-state index < -0.39 is 17.4 Å². The van der Waals surface area contributed by atoms with E-state index in [1.807, 2.05) is 0 Å². The van der Waals surface area contributed by atoms with E-state index in [1.165, 1.54) is 0 Å². The minimum atomic E-state index is -2.75. The summed E-state index contributed by atoms with van der Waals surface area (Å²) in [5.74, 6) is 0. The first-order valence-corrected chi connectivity index (χ1v) is 11.8. The molecule has 0 saturated carbocycles. The molecule has 19 heavy (non-hydrogen) atoms. The molecular formula is C11H27IO5Si2. The predicted molar refractivity (Wildman–Crippen MR) is 88.9 cm³/mol. The highest BCUT2D eigenvalue weighted by Crippen LogP contribution is 2.37. The van der Waals surface area contributed by atoms with Crippen molar-refractivity contribution in [2.45, 2.75) is 31.0 Å². The van der Waals surface area contributed by atoms with Gasteiger partial charge in [-0.2, -0.15) is 0 Å². The molecule has 0 aliphatic rings. The van der Waals surface area contributed by atoms with Gasteiger partial charge in [0.05, 0.1) is 5.16 Å². The van der Waals surface area contributed by atoms with Gasteiger partial charge >= 0.3 is 17.4 Å². The first-order chi connectivity index (χ1) is 9.02. The molecule has 0 radical (unpaired) electrons. The van der Waals surface area contributed by atoms with Crippen molar-refractivity contribution < 1.29 is 22.1 Å². The second-order valence-electron chi connectivity index (χ2n) is 4.30. The monoisotopic (exact) mass is 422 g/mol. The summed E-state index contributed by atoms with van der Waals surface area (Å²) in [6.45, 7) is 2.06. The molecule has 8 heteroatoms. The fourth-order valence-electron chi connectivity index (χ4n) is 2.37. The van der Waals surface area contributed by atoms with Crippen LogP contribution < -0.4 is 0 Å². The summed E-state index contributed by atoms with van der Waals surface area (Å²) in [6.07, 6.45) is 2.25. The second-order valence-corrected chi connectivity index (χ2v) is 13.1. The third-order valence-corrected chi connectivity index (χ3v) is 13.3. The van der Waals surface area contributed by atoms with Crippen LogP contribution in [0.3, 0.4) is 0 Å². The van der Waals surface area contributed by atoms with E-state index in [0.29, 0.717) is 0 Å². The van der Waals surface area contributed by atoms with Gasteiger partial charge in [0.15, 0.2) is 0 Å². The number of unbranched alkanes of at least 4 members (excludes halogenated alkanes) is 1. The minimum absolute atomic E-state index is 0.0178. The first kappa shape index (κ1) is 20.0. The molecule has 0 aromatic carbocycles. The molecule has 1 unspecified atom stereocenters. The molecule has 0 aromatic rings. The van der Waals surface area contributed by atoms with Gasteiger partial charge in [-0.25, -0.2) is 0 Å². The Bertz CT molecular complexity index is 229. The van der Waals surface area contributed by atoms with E-state index in [0.717, 1.165) is 23.3 Å². The van der Waals surface area contributed by atoms with Crippen molar-refractivity contribution in [2.75, 3.05) is 40.0 Å². The molecule has 0 aliphatic heterocycles. The van der Waals surface area contributed by atoms with Gasteiger partial charge in [-0.15, -0.1) is 0 Å². The number of rotatable bonds is 11. The van der Waals surface area contributed by atoms with E-state index in [9.17, 15) is 0 Å². The van der Waals surface area contributed by atoms with Crippen molar-refractivity contribution in [1.29, 1.82) is 0 Å². The van der Waals surface area contributed by atoms with E-state index in [1.54, 1.807) is 35.5 Å². The molecule has 5 nitrogen and oxygen atoms in total. The minimum Gasteiger partial charge on any atom is -0.397 e. The Morgan fingerprint density at radius 1 is 0.842 bits per heavy atom. The average molecular weight is 422 g/mol. The molecule has 1 atom stereocenters. The van der Waals surface area contributed by atoms with Crippen molar-refractivity contribution in [3.8, 4) is 0 Å². The van der Waals surface area contributed by atoms with Crippen LogP contribution in [0.25, 0.3) is 0 Å². The SMILES string of the molecule is CO[Si](CCCCI)(OC)C(C)[Si](OC)(OC)OC. The molecule has 0 aliphatic carbocycles. The molecule has 0 fully saturated rings. The maximum Gasteiger partial charge on any atom is 0.505 e. The quantitative estimate of drug-likeness (QED) is 0.222.